The Morgan fingerprint density at radius 3 is 2.48 bits per heavy atom. The van der Waals surface area contributed by atoms with E-state index in [0.717, 1.165) is 13.1 Å². The molecule has 0 aliphatic carbocycles. The van der Waals surface area contributed by atoms with Crippen LogP contribution < -0.4 is 61.7 Å². The van der Waals surface area contributed by atoms with E-state index in [1.54, 1.807) is 10.6 Å². The van der Waals surface area contributed by atoms with Crippen molar-refractivity contribution in [2.75, 3.05) is 38.1 Å². The molecule has 0 amide bonds. The number of anilines is 1. The minimum absolute atomic E-state index is 0. The first-order valence-electron chi connectivity index (χ1n) is 7.96. The van der Waals surface area contributed by atoms with Gasteiger partial charge in [0.25, 0.3) is 0 Å². The number of halogens is 1. The summed E-state index contributed by atoms with van der Waals surface area (Å²) in [7, 11) is 2.02. The largest absolute Gasteiger partial charge is 1.00 e. The van der Waals surface area contributed by atoms with E-state index in [2.05, 4.69) is 4.90 Å². The number of rotatable bonds is 3. The second-order valence-electron chi connectivity index (χ2n) is 6.07. The van der Waals surface area contributed by atoms with Crippen molar-refractivity contribution in [3.8, 4) is 0 Å². The number of hydrogen-bond acceptors (Lipinski definition) is 4. The summed E-state index contributed by atoms with van der Waals surface area (Å²) < 4.78 is 16.3. The molecule has 1 aromatic carbocycles. The summed E-state index contributed by atoms with van der Waals surface area (Å²) in [6.07, 6.45) is 1.33. The average molecular weight is 373 g/mol. The number of benzene rings is 1. The van der Waals surface area contributed by atoms with Gasteiger partial charge in [-0.25, -0.2) is 9.18 Å². The molecule has 1 N–H and O–H groups in total. The Kier molecular flexibility index (Phi) is 6.80. The molecule has 0 atom stereocenters. The molecule has 1 aliphatic heterocycles. The van der Waals surface area contributed by atoms with Crippen molar-refractivity contribution in [2.24, 2.45) is 0 Å². The van der Waals surface area contributed by atoms with Crippen molar-refractivity contribution in [3.05, 3.63) is 39.9 Å². The number of aryl methyl sites for hydroxylation is 1. The van der Waals surface area contributed by atoms with Gasteiger partial charge in [0.05, 0.1) is 11.2 Å². The molecule has 0 bridgehead atoms. The maximum absolute atomic E-state index is 14.6. The van der Waals surface area contributed by atoms with Gasteiger partial charge in [-0.2, -0.15) is 0 Å². The van der Waals surface area contributed by atoms with Gasteiger partial charge in [0.1, 0.15) is 11.4 Å². The van der Waals surface area contributed by atoms with E-state index in [4.69, 9.17) is 0 Å². The Morgan fingerprint density at radius 2 is 1.92 bits per heavy atom. The van der Waals surface area contributed by atoms with Gasteiger partial charge in [-0.15, -0.1) is 0 Å². The van der Waals surface area contributed by atoms with Crippen LogP contribution in [0.25, 0.3) is 10.9 Å². The SMILES string of the molecule is CCn1cc(C(=O)O)c(=O)c2cc(F)c(N3CCN(C)CC3)cc21.[H-].[K+]. The number of nitrogens with zero attached hydrogens (tertiary/aromatic N) is 3. The Labute approximate surface area is 189 Å². The molecule has 0 radical (unpaired) electrons. The van der Waals surface area contributed by atoms with Crippen LogP contribution in [0.5, 0.6) is 0 Å². The maximum atomic E-state index is 14.6. The van der Waals surface area contributed by atoms with E-state index in [9.17, 15) is 19.1 Å². The topological polar surface area (TPSA) is 65.8 Å². The summed E-state index contributed by atoms with van der Waals surface area (Å²) in [5.41, 5.74) is 0.0326. The molecule has 3 rings (SSSR count). The number of piperazine rings is 1. The number of likely N-dealkylation sites (N-methyl/N-ethyl adjacent to an activating group) is 1. The fourth-order valence-corrected chi connectivity index (χ4v) is 3.10. The molecule has 1 aliphatic rings. The number of carboxylic acids is 1. The molecule has 0 unspecified atom stereocenters. The van der Waals surface area contributed by atoms with E-state index in [1.165, 1.54) is 12.3 Å². The van der Waals surface area contributed by atoms with E-state index in [0.29, 0.717) is 30.8 Å². The van der Waals surface area contributed by atoms with Crippen LogP contribution in [0.1, 0.15) is 18.7 Å². The number of fused-ring (bicyclic) bond motifs is 1. The Balaban J connectivity index is 0.00000169. The summed E-state index contributed by atoms with van der Waals surface area (Å²) in [5, 5.41) is 9.28. The predicted molar refractivity (Wildman–Crippen MR) is 91.6 cm³/mol. The molecule has 2 aromatic rings. The van der Waals surface area contributed by atoms with Gasteiger partial charge in [-0.05, 0) is 26.1 Å². The number of hydrogen-bond donors (Lipinski definition) is 1. The van der Waals surface area contributed by atoms with E-state index in [-0.39, 0.29) is 63.8 Å². The number of carbonyl (C=O) groups is 1. The average Bonchev–Trinajstić information content (AvgIpc) is 2.56. The van der Waals surface area contributed by atoms with Crippen LogP contribution in [0.2, 0.25) is 0 Å². The molecule has 1 saturated heterocycles. The van der Waals surface area contributed by atoms with E-state index < -0.39 is 17.2 Å². The van der Waals surface area contributed by atoms with Crippen molar-refractivity contribution in [2.45, 2.75) is 13.5 Å². The van der Waals surface area contributed by atoms with Gasteiger partial charge in [0, 0.05) is 44.3 Å². The van der Waals surface area contributed by atoms with Gasteiger partial charge in [0.15, 0.2) is 0 Å². The second-order valence-corrected chi connectivity index (χ2v) is 6.07. The van der Waals surface area contributed by atoms with Crippen LogP contribution in [0.15, 0.2) is 23.1 Å². The first-order chi connectivity index (χ1) is 11.4. The first-order valence-corrected chi connectivity index (χ1v) is 7.96. The number of pyridine rings is 1. The van der Waals surface area contributed by atoms with Crippen molar-refractivity contribution in [1.29, 1.82) is 0 Å². The zero-order valence-electron chi connectivity index (χ0n) is 15.8. The van der Waals surface area contributed by atoms with Crippen LogP contribution in [0.3, 0.4) is 0 Å². The number of aromatic carboxylic acids is 1. The van der Waals surface area contributed by atoms with Crippen LogP contribution in [0.4, 0.5) is 10.1 Å². The molecule has 25 heavy (non-hydrogen) atoms. The van der Waals surface area contributed by atoms with Gasteiger partial charge in [-0.3, -0.25) is 4.79 Å². The van der Waals surface area contributed by atoms with Crippen molar-refractivity contribution < 1.29 is 67.1 Å². The third-order valence-electron chi connectivity index (χ3n) is 4.56. The standard InChI is InChI=1S/C17H20FN3O3.K.H/c1-3-20-10-12(17(23)24)16(22)11-8-13(18)15(9-14(11)20)21-6-4-19(2)5-7-21;;/h8-10H,3-7H2,1-2H3,(H,23,24);;/q;+1;-1. The van der Waals surface area contributed by atoms with Gasteiger partial charge < -0.3 is 20.9 Å². The molecule has 0 saturated carbocycles. The molecular weight excluding hydrogens is 352 g/mol. The van der Waals surface area contributed by atoms with Crippen LogP contribution in [-0.4, -0.2) is 53.8 Å². The second kappa shape index (κ2) is 8.28. The molecule has 8 heteroatoms. The quantitative estimate of drug-likeness (QED) is 0.680. The molecule has 2 heterocycles. The Morgan fingerprint density at radius 1 is 1.28 bits per heavy atom. The minimum Gasteiger partial charge on any atom is -1.00 e. The molecule has 130 valence electrons. The summed E-state index contributed by atoms with van der Waals surface area (Å²) in [6.45, 7) is 5.45. The summed E-state index contributed by atoms with van der Waals surface area (Å²) in [6, 6.07) is 2.83. The smallest absolute Gasteiger partial charge is 1.00 e. The first kappa shape index (κ1) is 20.5. The number of aromatic nitrogens is 1. The summed E-state index contributed by atoms with van der Waals surface area (Å²) >= 11 is 0. The predicted octanol–water partition coefficient (Wildman–Crippen LogP) is -1.27. The van der Waals surface area contributed by atoms with Crippen molar-refractivity contribution >= 4 is 22.6 Å². The van der Waals surface area contributed by atoms with Gasteiger partial charge >= 0.3 is 57.4 Å². The Hall–Kier alpha value is -0.774. The number of carboxylic acid groups (broad SMARTS) is 1. The molecule has 0 spiro atoms. The monoisotopic (exact) mass is 373 g/mol. The third kappa shape index (κ3) is 3.99. The maximum Gasteiger partial charge on any atom is 1.00 e. The van der Waals surface area contributed by atoms with Crippen molar-refractivity contribution in [1.82, 2.24) is 9.47 Å². The molecule has 6 nitrogen and oxygen atoms in total. The van der Waals surface area contributed by atoms with Gasteiger partial charge in [0.2, 0.25) is 5.43 Å². The fraction of sp³-hybridized carbons (Fsp3) is 0.412. The van der Waals surface area contributed by atoms with E-state index in [1.807, 2.05) is 18.9 Å². The van der Waals surface area contributed by atoms with E-state index >= 15 is 0 Å². The zero-order chi connectivity index (χ0) is 17.4. The van der Waals surface area contributed by atoms with Crippen LogP contribution >= 0.6 is 0 Å². The minimum atomic E-state index is -1.30. The molecular formula is C17H21FKN3O3. The van der Waals surface area contributed by atoms with Gasteiger partial charge in [-0.1, -0.05) is 0 Å². The third-order valence-corrected chi connectivity index (χ3v) is 4.56. The van der Waals surface area contributed by atoms with Crippen LogP contribution in [-0.2, 0) is 6.54 Å². The molecule has 1 fully saturated rings. The fourth-order valence-electron chi connectivity index (χ4n) is 3.10. The normalized spacial score (nSPS) is 15.2. The van der Waals surface area contributed by atoms with Crippen LogP contribution in [0, 0.1) is 5.82 Å². The molecule has 1 aromatic heterocycles. The summed E-state index contributed by atoms with van der Waals surface area (Å²) in [4.78, 5) is 27.7. The zero-order valence-corrected chi connectivity index (χ0v) is 17.9. The van der Waals surface area contributed by atoms with Crippen molar-refractivity contribution in [3.63, 3.8) is 0 Å². The summed E-state index contributed by atoms with van der Waals surface area (Å²) in [5.74, 6) is -1.79. The Bertz CT molecular complexity index is 866.